The molecule has 0 saturated heterocycles. The van der Waals surface area contributed by atoms with E-state index in [-0.39, 0.29) is 17.2 Å². The predicted octanol–water partition coefficient (Wildman–Crippen LogP) is 2.11. The molecular formula is C20H24N2O6S. The minimum atomic E-state index is -3.62. The highest BCUT2D eigenvalue weighted by Crippen LogP contribution is 2.20. The van der Waals surface area contributed by atoms with Crippen LogP contribution in [0.2, 0.25) is 0 Å². The third kappa shape index (κ3) is 6.03. The first-order chi connectivity index (χ1) is 13.6. The number of benzene rings is 2. The molecule has 2 rings (SSSR count). The Bertz CT molecular complexity index is 1000. The van der Waals surface area contributed by atoms with Crippen molar-refractivity contribution in [3.8, 4) is 5.75 Å². The van der Waals surface area contributed by atoms with Crippen molar-refractivity contribution in [1.29, 1.82) is 0 Å². The number of aryl methyl sites for hydroxylation is 1. The van der Waals surface area contributed by atoms with E-state index >= 15 is 0 Å². The van der Waals surface area contributed by atoms with E-state index in [9.17, 15) is 18.0 Å². The van der Waals surface area contributed by atoms with Crippen LogP contribution < -0.4 is 10.1 Å². The van der Waals surface area contributed by atoms with Gasteiger partial charge in [0.05, 0.1) is 4.90 Å². The Labute approximate surface area is 170 Å². The van der Waals surface area contributed by atoms with Gasteiger partial charge >= 0.3 is 5.97 Å². The van der Waals surface area contributed by atoms with Gasteiger partial charge in [-0.05, 0) is 49.2 Å². The fraction of sp³-hybridized carbons (Fsp3) is 0.300. The normalized spacial score (nSPS) is 11.2. The number of esters is 1. The average Bonchev–Trinajstić information content (AvgIpc) is 2.67. The highest BCUT2D eigenvalue weighted by Gasteiger charge is 2.18. The van der Waals surface area contributed by atoms with Crippen LogP contribution in [0.5, 0.6) is 5.75 Å². The molecule has 0 aliphatic heterocycles. The molecule has 0 bridgehead atoms. The van der Waals surface area contributed by atoms with Gasteiger partial charge in [-0.3, -0.25) is 4.79 Å². The third-order valence-electron chi connectivity index (χ3n) is 4.16. The topological polar surface area (TPSA) is 102 Å². The molecule has 0 aliphatic carbocycles. The summed E-state index contributed by atoms with van der Waals surface area (Å²) in [6.45, 7) is 2.98. The summed E-state index contributed by atoms with van der Waals surface area (Å²) in [7, 11) is -0.787. The fourth-order valence-electron chi connectivity index (χ4n) is 2.35. The van der Waals surface area contributed by atoms with Crippen LogP contribution in [0.1, 0.15) is 11.1 Å². The van der Waals surface area contributed by atoms with Gasteiger partial charge in [-0.1, -0.05) is 18.2 Å². The Morgan fingerprint density at radius 3 is 2.41 bits per heavy atom. The molecule has 2 aromatic carbocycles. The minimum Gasteiger partial charge on any atom is -0.482 e. The minimum absolute atomic E-state index is 0.0409. The first-order valence-corrected chi connectivity index (χ1v) is 10.2. The lowest BCUT2D eigenvalue weighted by atomic mass is 10.1. The van der Waals surface area contributed by atoms with Gasteiger partial charge < -0.3 is 14.8 Å². The molecule has 0 heterocycles. The zero-order valence-corrected chi connectivity index (χ0v) is 17.6. The van der Waals surface area contributed by atoms with Gasteiger partial charge in [0.25, 0.3) is 5.91 Å². The largest absolute Gasteiger partial charge is 0.482 e. The third-order valence-corrected chi connectivity index (χ3v) is 5.97. The number of hydrogen-bond donors (Lipinski definition) is 1. The molecule has 8 nitrogen and oxygen atoms in total. The Balaban J connectivity index is 1.87. The van der Waals surface area contributed by atoms with Crippen LogP contribution in [0.25, 0.3) is 0 Å². The summed E-state index contributed by atoms with van der Waals surface area (Å²) in [5.74, 6) is -0.709. The Morgan fingerprint density at radius 2 is 1.72 bits per heavy atom. The van der Waals surface area contributed by atoms with E-state index in [4.69, 9.17) is 9.47 Å². The van der Waals surface area contributed by atoms with Crippen molar-refractivity contribution in [3.63, 3.8) is 0 Å². The predicted molar refractivity (Wildman–Crippen MR) is 108 cm³/mol. The number of rotatable bonds is 8. The van der Waals surface area contributed by atoms with Crippen LogP contribution >= 0.6 is 0 Å². The second-order valence-electron chi connectivity index (χ2n) is 6.51. The molecule has 0 atom stereocenters. The molecule has 2 aromatic rings. The lowest BCUT2D eigenvalue weighted by Crippen LogP contribution is -2.24. The van der Waals surface area contributed by atoms with E-state index in [0.717, 1.165) is 15.4 Å². The molecule has 0 unspecified atom stereocenters. The van der Waals surface area contributed by atoms with Crippen LogP contribution in [-0.4, -0.2) is 51.9 Å². The molecular weight excluding hydrogens is 396 g/mol. The average molecular weight is 420 g/mol. The smallest absolute Gasteiger partial charge is 0.344 e. The van der Waals surface area contributed by atoms with Crippen molar-refractivity contribution in [3.05, 3.63) is 53.6 Å². The number of amides is 1. The number of anilines is 1. The zero-order valence-electron chi connectivity index (χ0n) is 16.8. The summed E-state index contributed by atoms with van der Waals surface area (Å²) in [4.78, 5) is 23.9. The quantitative estimate of drug-likeness (QED) is 0.657. The second kappa shape index (κ2) is 9.53. The van der Waals surface area contributed by atoms with Crippen LogP contribution in [0.3, 0.4) is 0 Å². The number of nitrogens with one attached hydrogen (secondary N) is 1. The molecule has 0 aromatic heterocycles. The van der Waals surface area contributed by atoms with Crippen LogP contribution in [0.4, 0.5) is 5.69 Å². The fourth-order valence-corrected chi connectivity index (χ4v) is 3.30. The number of carbonyl (C=O) groups is 2. The second-order valence-corrected chi connectivity index (χ2v) is 8.66. The molecule has 0 radical (unpaired) electrons. The SMILES string of the molecule is Cc1cccc(OCC(=O)OCC(=O)Nc2cccc(S(=O)(=O)N(C)C)c2)c1C. The van der Waals surface area contributed by atoms with E-state index in [2.05, 4.69) is 5.32 Å². The van der Waals surface area contributed by atoms with Crippen molar-refractivity contribution >= 4 is 27.6 Å². The van der Waals surface area contributed by atoms with E-state index in [1.807, 2.05) is 26.0 Å². The van der Waals surface area contributed by atoms with Crippen LogP contribution in [0, 0.1) is 13.8 Å². The van der Waals surface area contributed by atoms with Gasteiger partial charge in [-0.15, -0.1) is 0 Å². The van der Waals surface area contributed by atoms with Crippen molar-refractivity contribution < 1.29 is 27.5 Å². The van der Waals surface area contributed by atoms with Gasteiger partial charge in [-0.2, -0.15) is 0 Å². The maximum absolute atomic E-state index is 12.1. The first-order valence-electron chi connectivity index (χ1n) is 8.78. The Hall–Kier alpha value is -2.91. The highest BCUT2D eigenvalue weighted by atomic mass is 32.2. The highest BCUT2D eigenvalue weighted by molar-refractivity contribution is 7.89. The lowest BCUT2D eigenvalue weighted by Gasteiger charge is -2.13. The van der Waals surface area contributed by atoms with Crippen molar-refractivity contribution in [2.75, 3.05) is 32.6 Å². The summed E-state index contributed by atoms with van der Waals surface area (Å²) < 4.78 is 35.7. The number of ether oxygens (including phenoxy) is 2. The lowest BCUT2D eigenvalue weighted by molar-refractivity contribution is -0.149. The van der Waals surface area contributed by atoms with Crippen LogP contribution in [-0.2, 0) is 24.3 Å². The van der Waals surface area contributed by atoms with Gasteiger partial charge in [0, 0.05) is 19.8 Å². The van der Waals surface area contributed by atoms with Gasteiger partial charge in [0.1, 0.15) is 5.75 Å². The Morgan fingerprint density at radius 1 is 1.03 bits per heavy atom. The van der Waals surface area contributed by atoms with E-state index in [1.165, 1.54) is 38.4 Å². The first kappa shape index (κ1) is 22.4. The summed E-state index contributed by atoms with van der Waals surface area (Å²) in [5, 5.41) is 2.50. The van der Waals surface area contributed by atoms with Gasteiger partial charge in [0.2, 0.25) is 10.0 Å². The molecule has 9 heteroatoms. The van der Waals surface area contributed by atoms with Crippen molar-refractivity contribution in [2.24, 2.45) is 0 Å². The molecule has 0 saturated carbocycles. The number of sulfonamides is 1. The zero-order chi connectivity index (χ0) is 21.6. The number of nitrogens with zero attached hydrogens (tertiary/aromatic N) is 1. The number of hydrogen-bond acceptors (Lipinski definition) is 6. The van der Waals surface area contributed by atoms with E-state index in [1.54, 1.807) is 6.07 Å². The molecule has 156 valence electrons. The maximum Gasteiger partial charge on any atom is 0.344 e. The maximum atomic E-state index is 12.1. The van der Waals surface area contributed by atoms with E-state index < -0.39 is 28.5 Å². The van der Waals surface area contributed by atoms with Gasteiger partial charge in [-0.25, -0.2) is 17.5 Å². The summed E-state index contributed by atoms with van der Waals surface area (Å²) in [5.41, 5.74) is 2.24. The molecule has 29 heavy (non-hydrogen) atoms. The van der Waals surface area contributed by atoms with E-state index in [0.29, 0.717) is 5.75 Å². The molecule has 0 aliphatic rings. The summed E-state index contributed by atoms with van der Waals surface area (Å²) >= 11 is 0. The number of carbonyl (C=O) groups excluding carboxylic acids is 2. The van der Waals surface area contributed by atoms with Gasteiger partial charge in [0.15, 0.2) is 13.2 Å². The van der Waals surface area contributed by atoms with Crippen LogP contribution in [0.15, 0.2) is 47.4 Å². The monoisotopic (exact) mass is 420 g/mol. The summed E-state index contributed by atoms with van der Waals surface area (Å²) in [6, 6.07) is 11.3. The Kier molecular flexibility index (Phi) is 7.35. The standard InChI is InChI=1S/C20H24N2O6S/c1-14-7-5-10-18(15(14)2)27-13-20(24)28-12-19(23)21-16-8-6-9-17(11-16)29(25,26)22(3)4/h5-11H,12-13H2,1-4H3,(H,21,23). The molecule has 0 fully saturated rings. The molecule has 0 spiro atoms. The van der Waals surface area contributed by atoms with Crippen molar-refractivity contribution in [2.45, 2.75) is 18.7 Å². The molecule has 1 amide bonds. The summed E-state index contributed by atoms with van der Waals surface area (Å²) in [6.07, 6.45) is 0. The molecule has 1 N–H and O–H groups in total. The van der Waals surface area contributed by atoms with Crippen molar-refractivity contribution in [1.82, 2.24) is 4.31 Å².